The quantitative estimate of drug-likeness (QED) is 0.723. The fourth-order valence-corrected chi connectivity index (χ4v) is 1.00. The minimum atomic E-state index is -1.13. The monoisotopic (exact) mass is 180 g/mol. The van der Waals surface area contributed by atoms with Gasteiger partial charge in [0.25, 0.3) is 0 Å². The summed E-state index contributed by atoms with van der Waals surface area (Å²) in [5.41, 5.74) is 0.792. The highest BCUT2D eigenvalue weighted by atomic mass is 19.1. The molecule has 1 aromatic carbocycles. The van der Waals surface area contributed by atoms with E-state index in [0.29, 0.717) is 5.56 Å². The number of hydrogen-bond acceptors (Lipinski definition) is 1. The molecule has 2 nitrogen and oxygen atoms in total. The Morgan fingerprint density at radius 1 is 1.38 bits per heavy atom. The largest absolute Gasteiger partial charge is 0.478 e. The van der Waals surface area contributed by atoms with Gasteiger partial charge in [0, 0.05) is 6.08 Å². The summed E-state index contributed by atoms with van der Waals surface area (Å²) < 4.78 is 12.4. The molecule has 0 amide bonds. The predicted octanol–water partition coefficient (Wildman–Crippen LogP) is 2.12. The first-order valence-corrected chi connectivity index (χ1v) is 3.79. The lowest BCUT2D eigenvalue weighted by Gasteiger charge is -2.00. The van der Waals surface area contributed by atoms with E-state index in [1.165, 1.54) is 0 Å². The van der Waals surface area contributed by atoms with Crippen LogP contribution in [0.1, 0.15) is 5.56 Å². The number of carboxylic acid groups (broad SMARTS) is 1. The number of alkyl halides is 1. The van der Waals surface area contributed by atoms with Gasteiger partial charge in [-0.05, 0) is 11.1 Å². The van der Waals surface area contributed by atoms with E-state index in [9.17, 15) is 9.18 Å². The van der Waals surface area contributed by atoms with Crippen molar-refractivity contribution in [2.24, 2.45) is 0 Å². The Hall–Kier alpha value is -1.64. The molecule has 3 heteroatoms. The smallest absolute Gasteiger partial charge is 0.328 e. The van der Waals surface area contributed by atoms with E-state index < -0.39 is 12.6 Å². The summed E-state index contributed by atoms with van der Waals surface area (Å²) >= 11 is 0. The van der Waals surface area contributed by atoms with Gasteiger partial charge in [-0.25, -0.2) is 9.18 Å². The summed E-state index contributed by atoms with van der Waals surface area (Å²) in [5.74, 6) is -1.13. The van der Waals surface area contributed by atoms with Crippen LogP contribution in [0.5, 0.6) is 0 Å². The molecule has 1 rings (SSSR count). The van der Waals surface area contributed by atoms with Gasteiger partial charge in [0.1, 0.15) is 6.67 Å². The molecule has 0 fully saturated rings. The maximum atomic E-state index is 12.4. The van der Waals surface area contributed by atoms with Crippen molar-refractivity contribution in [1.29, 1.82) is 0 Å². The van der Waals surface area contributed by atoms with E-state index in [-0.39, 0.29) is 5.57 Å². The lowest BCUT2D eigenvalue weighted by atomic mass is 10.1. The van der Waals surface area contributed by atoms with Crippen LogP contribution in [0, 0.1) is 0 Å². The molecule has 0 spiro atoms. The van der Waals surface area contributed by atoms with E-state index >= 15 is 0 Å². The molecule has 0 radical (unpaired) electrons. The van der Waals surface area contributed by atoms with E-state index in [1.54, 1.807) is 30.3 Å². The minimum absolute atomic E-state index is 0.188. The summed E-state index contributed by atoms with van der Waals surface area (Å²) in [7, 11) is 0. The Bertz CT molecular complexity index is 317. The fourth-order valence-electron chi connectivity index (χ4n) is 1.00. The Balaban J connectivity index is 2.98. The maximum absolute atomic E-state index is 12.4. The van der Waals surface area contributed by atoms with Crippen LogP contribution in [0.3, 0.4) is 0 Å². The molecule has 1 N–H and O–H groups in total. The number of benzene rings is 1. The molecule has 0 bridgehead atoms. The average molecular weight is 180 g/mol. The number of carboxylic acids is 1. The molecular weight excluding hydrogens is 171 g/mol. The zero-order valence-electron chi connectivity index (χ0n) is 6.90. The summed E-state index contributed by atoms with van der Waals surface area (Å²) in [6.07, 6.45) is 0.884. The number of allylic oxidation sites excluding steroid dienone is 1. The third kappa shape index (κ3) is 2.71. The maximum Gasteiger partial charge on any atom is 0.328 e. The zero-order valence-corrected chi connectivity index (χ0v) is 6.90. The Morgan fingerprint density at radius 3 is 2.46 bits per heavy atom. The van der Waals surface area contributed by atoms with Crippen LogP contribution in [0.2, 0.25) is 0 Å². The minimum Gasteiger partial charge on any atom is -0.478 e. The second kappa shape index (κ2) is 4.40. The molecule has 0 saturated heterocycles. The molecule has 13 heavy (non-hydrogen) atoms. The Morgan fingerprint density at radius 2 is 2.00 bits per heavy atom. The Kier molecular flexibility index (Phi) is 3.20. The number of rotatable bonds is 3. The highest BCUT2D eigenvalue weighted by molar-refractivity contribution is 5.90. The topological polar surface area (TPSA) is 37.3 Å². The number of carbonyl (C=O) groups is 1. The second-order valence-corrected chi connectivity index (χ2v) is 2.51. The standard InChI is InChI=1S/C10H9FO2/c11-7-9(6-10(12)13)8-4-2-1-3-5-8/h1-6H,7H2,(H,12,13). The first-order valence-electron chi connectivity index (χ1n) is 3.79. The van der Waals surface area contributed by atoms with E-state index in [1.807, 2.05) is 0 Å². The van der Waals surface area contributed by atoms with Crippen molar-refractivity contribution in [2.45, 2.75) is 0 Å². The van der Waals surface area contributed by atoms with Crippen LogP contribution in [-0.2, 0) is 4.79 Å². The van der Waals surface area contributed by atoms with Gasteiger partial charge in [-0.1, -0.05) is 30.3 Å². The molecule has 0 aliphatic rings. The van der Waals surface area contributed by atoms with Crippen LogP contribution in [0.25, 0.3) is 5.57 Å². The van der Waals surface area contributed by atoms with Gasteiger partial charge in [0.05, 0.1) is 0 Å². The van der Waals surface area contributed by atoms with Crippen LogP contribution in [0.4, 0.5) is 4.39 Å². The fraction of sp³-hybridized carbons (Fsp3) is 0.100. The molecule has 0 saturated carbocycles. The molecule has 0 heterocycles. The lowest BCUT2D eigenvalue weighted by molar-refractivity contribution is -0.131. The molecule has 0 aliphatic heterocycles. The average Bonchev–Trinajstić information content (AvgIpc) is 2.15. The van der Waals surface area contributed by atoms with Gasteiger partial charge in [-0.3, -0.25) is 0 Å². The van der Waals surface area contributed by atoms with Gasteiger partial charge in [0.2, 0.25) is 0 Å². The van der Waals surface area contributed by atoms with Crippen molar-refractivity contribution in [2.75, 3.05) is 6.67 Å². The third-order valence-corrected chi connectivity index (χ3v) is 1.59. The summed E-state index contributed by atoms with van der Waals surface area (Å²) in [6, 6.07) is 8.62. The summed E-state index contributed by atoms with van der Waals surface area (Å²) in [4.78, 5) is 10.3. The highest BCUT2D eigenvalue weighted by Gasteiger charge is 2.02. The van der Waals surface area contributed by atoms with Gasteiger partial charge in [-0.2, -0.15) is 0 Å². The normalized spacial score (nSPS) is 11.3. The second-order valence-electron chi connectivity index (χ2n) is 2.51. The molecule has 0 aliphatic carbocycles. The third-order valence-electron chi connectivity index (χ3n) is 1.59. The van der Waals surface area contributed by atoms with Crippen LogP contribution in [0.15, 0.2) is 36.4 Å². The van der Waals surface area contributed by atoms with Gasteiger partial charge < -0.3 is 5.11 Å². The molecule has 0 aromatic heterocycles. The lowest BCUT2D eigenvalue weighted by Crippen LogP contribution is -1.93. The van der Waals surface area contributed by atoms with Crippen molar-refractivity contribution in [3.05, 3.63) is 42.0 Å². The van der Waals surface area contributed by atoms with Gasteiger partial charge in [0.15, 0.2) is 0 Å². The predicted molar refractivity (Wildman–Crippen MR) is 48.0 cm³/mol. The molecule has 0 unspecified atom stereocenters. The number of aliphatic carboxylic acids is 1. The molecule has 0 atom stereocenters. The first-order chi connectivity index (χ1) is 6.24. The number of hydrogen-bond donors (Lipinski definition) is 1. The van der Waals surface area contributed by atoms with Crippen molar-refractivity contribution in [1.82, 2.24) is 0 Å². The summed E-state index contributed by atoms with van der Waals surface area (Å²) in [5, 5.41) is 8.43. The SMILES string of the molecule is O=C(O)C=C(CF)c1ccccc1. The molecule has 68 valence electrons. The van der Waals surface area contributed by atoms with E-state index in [2.05, 4.69) is 0 Å². The first kappa shape index (κ1) is 9.45. The zero-order chi connectivity index (χ0) is 9.68. The van der Waals surface area contributed by atoms with Crippen LogP contribution < -0.4 is 0 Å². The van der Waals surface area contributed by atoms with Crippen molar-refractivity contribution in [3.8, 4) is 0 Å². The van der Waals surface area contributed by atoms with E-state index in [0.717, 1.165) is 6.08 Å². The van der Waals surface area contributed by atoms with Crippen molar-refractivity contribution < 1.29 is 14.3 Å². The Labute approximate surface area is 75.3 Å². The van der Waals surface area contributed by atoms with Crippen molar-refractivity contribution >= 4 is 11.5 Å². The highest BCUT2D eigenvalue weighted by Crippen LogP contribution is 2.13. The number of halogens is 1. The van der Waals surface area contributed by atoms with Gasteiger partial charge in [-0.15, -0.1) is 0 Å². The van der Waals surface area contributed by atoms with Crippen LogP contribution in [-0.4, -0.2) is 17.8 Å². The van der Waals surface area contributed by atoms with E-state index in [4.69, 9.17) is 5.11 Å². The van der Waals surface area contributed by atoms with Gasteiger partial charge >= 0.3 is 5.97 Å². The van der Waals surface area contributed by atoms with Crippen molar-refractivity contribution in [3.63, 3.8) is 0 Å². The van der Waals surface area contributed by atoms with Crippen LogP contribution >= 0.6 is 0 Å². The molecular formula is C10H9FO2. The summed E-state index contributed by atoms with van der Waals surface area (Å²) in [6.45, 7) is -0.768. The molecule has 1 aromatic rings.